The predicted octanol–water partition coefficient (Wildman–Crippen LogP) is 1.70. The van der Waals surface area contributed by atoms with Crippen molar-refractivity contribution in [2.24, 2.45) is 0 Å². The average Bonchev–Trinajstić information content (AvgIpc) is 2.68. The maximum Gasteiger partial charge on any atom is 0.251 e. The molecule has 1 aliphatic rings. The smallest absolute Gasteiger partial charge is 0.251 e. The minimum atomic E-state index is -3.64. The number of carbonyl (C=O) groups excluding carboxylic acids is 1. The van der Waals surface area contributed by atoms with E-state index >= 15 is 0 Å². The van der Waals surface area contributed by atoms with Crippen LogP contribution in [0, 0.1) is 11.6 Å². The summed E-state index contributed by atoms with van der Waals surface area (Å²) in [6.45, 7) is 2.62. The van der Waals surface area contributed by atoms with Gasteiger partial charge in [-0.1, -0.05) is 6.07 Å². The van der Waals surface area contributed by atoms with Gasteiger partial charge in [0, 0.05) is 44.8 Å². The molecule has 1 fully saturated rings. The first kappa shape index (κ1) is 20.4. The first-order valence-electron chi connectivity index (χ1n) is 8.88. The number of sulfonamides is 1. The number of nitrogens with one attached hydrogen (secondary N) is 1. The monoisotopic (exact) mass is 409 g/mol. The number of rotatable bonds is 6. The summed E-state index contributed by atoms with van der Waals surface area (Å²) in [6, 6.07) is 10.3. The Balaban J connectivity index is 1.46. The molecule has 150 valence electrons. The van der Waals surface area contributed by atoms with Crippen LogP contribution in [-0.2, 0) is 10.0 Å². The van der Waals surface area contributed by atoms with Gasteiger partial charge in [0.15, 0.2) is 0 Å². The summed E-state index contributed by atoms with van der Waals surface area (Å²) in [5.41, 5.74) is 0.259. The number of hydrogen-bond donors (Lipinski definition) is 1. The quantitative estimate of drug-likeness (QED) is 0.789. The van der Waals surface area contributed by atoms with E-state index in [1.807, 2.05) is 4.90 Å². The number of halogens is 2. The highest BCUT2D eigenvalue weighted by Crippen LogP contribution is 2.17. The number of piperazine rings is 1. The van der Waals surface area contributed by atoms with Gasteiger partial charge < -0.3 is 5.32 Å². The van der Waals surface area contributed by atoms with Gasteiger partial charge in [0.05, 0.1) is 4.90 Å². The maximum atomic E-state index is 13.2. The number of benzene rings is 2. The summed E-state index contributed by atoms with van der Waals surface area (Å²) in [5.74, 6) is -1.30. The molecule has 0 bridgehead atoms. The van der Waals surface area contributed by atoms with Crippen LogP contribution in [0.3, 0.4) is 0 Å². The average molecular weight is 409 g/mol. The first-order valence-corrected chi connectivity index (χ1v) is 10.3. The normalized spacial score (nSPS) is 16.1. The van der Waals surface area contributed by atoms with Gasteiger partial charge in [-0.15, -0.1) is 0 Å². The third-order valence-corrected chi connectivity index (χ3v) is 6.50. The van der Waals surface area contributed by atoms with E-state index in [-0.39, 0.29) is 16.4 Å². The Morgan fingerprint density at radius 1 is 0.964 bits per heavy atom. The molecule has 28 heavy (non-hydrogen) atoms. The largest absolute Gasteiger partial charge is 0.351 e. The molecule has 0 radical (unpaired) electrons. The second-order valence-electron chi connectivity index (χ2n) is 6.47. The molecule has 0 unspecified atom stereocenters. The van der Waals surface area contributed by atoms with Crippen molar-refractivity contribution < 1.29 is 22.0 Å². The molecule has 1 aliphatic heterocycles. The standard InChI is InChI=1S/C19H21F2N3O3S/c20-16-4-6-18(7-5-16)28(26,27)24-12-10-23(11-13-24)9-8-22-19(25)15-2-1-3-17(21)14-15/h1-7,14H,8-13H2,(H,22,25). The van der Waals surface area contributed by atoms with Crippen molar-refractivity contribution in [3.05, 3.63) is 65.7 Å². The number of amides is 1. The van der Waals surface area contributed by atoms with E-state index in [1.165, 1.54) is 40.7 Å². The maximum absolute atomic E-state index is 13.2. The molecule has 1 saturated heterocycles. The number of carbonyl (C=O) groups is 1. The molecule has 6 nitrogen and oxygen atoms in total. The van der Waals surface area contributed by atoms with Crippen LogP contribution >= 0.6 is 0 Å². The summed E-state index contributed by atoms with van der Waals surface area (Å²) in [6.07, 6.45) is 0. The molecule has 1 heterocycles. The third kappa shape index (κ3) is 4.92. The second kappa shape index (κ2) is 8.76. The van der Waals surface area contributed by atoms with E-state index in [0.717, 1.165) is 12.1 Å². The Morgan fingerprint density at radius 2 is 1.64 bits per heavy atom. The Hall–Kier alpha value is -2.36. The Kier molecular flexibility index (Phi) is 6.38. The van der Waals surface area contributed by atoms with Crippen LogP contribution in [0.5, 0.6) is 0 Å². The van der Waals surface area contributed by atoms with E-state index in [1.54, 1.807) is 0 Å². The van der Waals surface area contributed by atoms with Gasteiger partial charge in [-0.3, -0.25) is 9.69 Å². The highest BCUT2D eigenvalue weighted by Gasteiger charge is 2.28. The third-order valence-electron chi connectivity index (χ3n) is 4.58. The summed E-state index contributed by atoms with van der Waals surface area (Å²) >= 11 is 0. The van der Waals surface area contributed by atoms with E-state index in [2.05, 4.69) is 5.32 Å². The minimum Gasteiger partial charge on any atom is -0.351 e. The van der Waals surface area contributed by atoms with E-state index in [0.29, 0.717) is 39.3 Å². The molecule has 1 amide bonds. The molecule has 0 saturated carbocycles. The zero-order valence-corrected chi connectivity index (χ0v) is 16.0. The number of hydrogen-bond acceptors (Lipinski definition) is 4. The zero-order chi connectivity index (χ0) is 20.1. The van der Waals surface area contributed by atoms with Crippen molar-refractivity contribution in [1.82, 2.24) is 14.5 Å². The van der Waals surface area contributed by atoms with E-state index in [9.17, 15) is 22.0 Å². The lowest BCUT2D eigenvalue weighted by Crippen LogP contribution is -2.50. The van der Waals surface area contributed by atoms with Gasteiger partial charge in [-0.25, -0.2) is 17.2 Å². The SMILES string of the molecule is O=C(NCCN1CCN(S(=O)(=O)c2ccc(F)cc2)CC1)c1cccc(F)c1. The van der Waals surface area contributed by atoms with Crippen molar-refractivity contribution in [2.75, 3.05) is 39.3 Å². The fourth-order valence-corrected chi connectivity index (χ4v) is 4.43. The summed E-state index contributed by atoms with van der Waals surface area (Å²) in [4.78, 5) is 14.1. The highest BCUT2D eigenvalue weighted by atomic mass is 32.2. The molecule has 0 atom stereocenters. The molecule has 0 aromatic heterocycles. The van der Waals surface area contributed by atoms with Crippen LogP contribution in [0.4, 0.5) is 8.78 Å². The lowest BCUT2D eigenvalue weighted by molar-refractivity contribution is 0.0944. The van der Waals surface area contributed by atoms with Crippen LogP contribution < -0.4 is 5.32 Å². The predicted molar refractivity (Wildman–Crippen MR) is 100 cm³/mol. The van der Waals surface area contributed by atoms with Gasteiger partial charge in [0.25, 0.3) is 5.91 Å². The van der Waals surface area contributed by atoms with Crippen LogP contribution in [0.2, 0.25) is 0 Å². The number of nitrogens with zero attached hydrogens (tertiary/aromatic N) is 2. The fraction of sp³-hybridized carbons (Fsp3) is 0.316. The molecule has 3 rings (SSSR count). The zero-order valence-electron chi connectivity index (χ0n) is 15.1. The van der Waals surface area contributed by atoms with Crippen molar-refractivity contribution in [3.63, 3.8) is 0 Å². The van der Waals surface area contributed by atoms with Gasteiger partial charge in [-0.2, -0.15) is 4.31 Å². The molecule has 9 heteroatoms. The molecular formula is C19H21F2N3O3S. The van der Waals surface area contributed by atoms with Crippen molar-refractivity contribution in [1.29, 1.82) is 0 Å². The van der Waals surface area contributed by atoms with Gasteiger partial charge >= 0.3 is 0 Å². The molecule has 0 aliphatic carbocycles. The van der Waals surface area contributed by atoms with Gasteiger partial charge in [-0.05, 0) is 42.5 Å². The Bertz CT molecular complexity index is 928. The van der Waals surface area contributed by atoms with E-state index in [4.69, 9.17) is 0 Å². The molecule has 1 N–H and O–H groups in total. The molecule has 2 aromatic rings. The second-order valence-corrected chi connectivity index (χ2v) is 8.40. The minimum absolute atomic E-state index is 0.0738. The summed E-state index contributed by atoms with van der Waals surface area (Å²) in [5, 5.41) is 2.73. The fourth-order valence-electron chi connectivity index (χ4n) is 3.01. The first-order chi connectivity index (χ1) is 13.4. The van der Waals surface area contributed by atoms with E-state index < -0.39 is 21.7 Å². The van der Waals surface area contributed by atoms with Crippen LogP contribution in [0.15, 0.2) is 53.4 Å². The van der Waals surface area contributed by atoms with Crippen LogP contribution in [-0.4, -0.2) is 62.8 Å². The van der Waals surface area contributed by atoms with Gasteiger partial charge in [0.2, 0.25) is 10.0 Å². The highest BCUT2D eigenvalue weighted by molar-refractivity contribution is 7.89. The molecular weight excluding hydrogens is 388 g/mol. The van der Waals surface area contributed by atoms with Crippen LogP contribution in [0.25, 0.3) is 0 Å². The van der Waals surface area contributed by atoms with Crippen molar-refractivity contribution >= 4 is 15.9 Å². The van der Waals surface area contributed by atoms with Crippen molar-refractivity contribution in [2.45, 2.75) is 4.90 Å². The molecule has 0 spiro atoms. The Morgan fingerprint density at radius 3 is 2.29 bits per heavy atom. The summed E-state index contributed by atoms with van der Waals surface area (Å²) in [7, 11) is -3.64. The Labute approximate surface area is 162 Å². The molecule has 2 aromatic carbocycles. The van der Waals surface area contributed by atoms with Gasteiger partial charge in [0.1, 0.15) is 11.6 Å². The van der Waals surface area contributed by atoms with Crippen molar-refractivity contribution in [3.8, 4) is 0 Å². The summed E-state index contributed by atoms with van der Waals surface area (Å²) < 4.78 is 52.7. The van der Waals surface area contributed by atoms with Crippen LogP contribution in [0.1, 0.15) is 10.4 Å². The lowest BCUT2D eigenvalue weighted by Gasteiger charge is -2.33. The lowest BCUT2D eigenvalue weighted by atomic mass is 10.2. The topological polar surface area (TPSA) is 69.7 Å².